The van der Waals surface area contributed by atoms with Crippen molar-refractivity contribution in [2.24, 2.45) is 5.73 Å². The maximum Gasteiger partial charge on any atom is 0.158 e. The van der Waals surface area contributed by atoms with Gasteiger partial charge in [-0.2, -0.15) is 0 Å². The lowest BCUT2D eigenvalue weighted by Crippen LogP contribution is -2.45. The minimum Gasteiger partial charge on any atom is -0.319 e. The molecule has 0 aliphatic carbocycles. The lowest BCUT2D eigenvalue weighted by atomic mass is 9.89. The number of carbonyl (C=O) groups excluding carboxylic acids is 1. The molecule has 1 aromatic rings. The third kappa shape index (κ3) is 3.93. The van der Waals surface area contributed by atoms with Crippen LogP contribution in [-0.4, -0.2) is 16.3 Å². The quantitative estimate of drug-likeness (QED) is 0.821. The van der Waals surface area contributed by atoms with Gasteiger partial charge >= 0.3 is 0 Å². The zero-order chi connectivity index (χ0) is 12.9. The molecule has 1 atom stereocenters. The fourth-order valence-corrected chi connectivity index (χ4v) is 1.79. The Morgan fingerprint density at radius 3 is 2.59 bits per heavy atom. The summed E-state index contributed by atoms with van der Waals surface area (Å²) in [5.41, 5.74) is 7.27. The lowest BCUT2D eigenvalue weighted by Gasteiger charge is -2.22. The third-order valence-corrected chi connectivity index (χ3v) is 3.04. The Bertz CT molecular complexity index is 368. The second-order valence-electron chi connectivity index (χ2n) is 4.78. The van der Waals surface area contributed by atoms with Crippen LogP contribution in [0.5, 0.6) is 0 Å². The van der Waals surface area contributed by atoms with E-state index in [0.717, 1.165) is 25.0 Å². The van der Waals surface area contributed by atoms with Gasteiger partial charge in [0.2, 0.25) is 0 Å². The molecule has 0 aromatic carbocycles. The molecule has 0 saturated heterocycles. The Balaban J connectivity index is 2.67. The molecule has 0 bridgehead atoms. The van der Waals surface area contributed by atoms with Crippen LogP contribution in [0.1, 0.15) is 44.9 Å². The number of pyridine rings is 1. The number of nitrogens with two attached hydrogens (primary N) is 1. The van der Waals surface area contributed by atoms with Gasteiger partial charge in [0.05, 0.1) is 12.0 Å². The minimum absolute atomic E-state index is 0.0658. The van der Waals surface area contributed by atoms with Gasteiger partial charge in [-0.05, 0) is 31.4 Å². The van der Waals surface area contributed by atoms with Crippen LogP contribution in [0.3, 0.4) is 0 Å². The SMILES string of the molecule is CCCC(C)(N)C(=O)Cc1ccc(CC)cn1. The van der Waals surface area contributed by atoms with Crippen LogP contribution in [0.15, 0.2) is 18.3 Å². The van der Waals surface area contributed by atoms with Crippen molar-refractivity contribution in [1.29, 1.82) is 0 Å². The molecule has 3 heteroatoms. The molecule has 1 unspecified atom stereocenters. The molecule has 0 saturated carbocycles. The highest BCUT2D eigenvalue weighted by Crippen LogP contribution is 2.13. The van der Waals surface area contributed by atoms with Crippen LogP contribution in [-0.2, 0) is 17.6 Å². The monoisotopic (exact) mass is 234 g/mol. The number of ketones is 1. The second-order valence-corrected chi connectivity index (χ2v) is 4.78. The summed E-state index contributed by atoms with van der Waals surface area (Å²) in [5.74, 6) is 0.0658. The van der Waals surface area contributed by atoms with E-state index in [1.807, 2.05) is 25.3 Å². The summed E-state index contributed by atoms with van der Waals surface area (Å²) in [6.45, 7) is 5.92. The first-order valence-electron chi connectivity index (χ1n) is 6.25. The van der Waals surface area contributed by atoms with Gasteiger partial charge in [-0.25, -0.2) is 0 Å². The molecule has 0 fully saturated rings. The molecule has 3 nitrogen and oxygen atoms in total. The molecular weight excluding hydrogens is 212 g/mol. The highest BCUT2D eigenvalue weighted by molar-refractivity contribution is 5.89. The predicted octanol–water partition coefficient (Wildman–Crippen LogP) is 2.27. The van der Waals surface area contributed by atoms with Crippen molar-refractivity contribution in [2.75, 3.05) is 0 Å². The smallest absolute Gasteiger partial charge is 0.158 e. The van der Waals surface area contributed by atoms with E-state index in [2.05, 4.69) is 11.9 Å². The average molecular weight is 234 g/mol. The van der Waals surface area contributed by atoms with Crippen molar-refractivity contribution in [1.82, 2.24) is 4.98 Å². The van der Waals surface area contributed by atoms with Gasteiger partial charge in [0, 0.05) is 11.9 Å². The maximum atomic E-state index is 12.0. The molecule has 17 heavy (non-hydrogen) atoms. The van der Waals surface area contributed by atoms with Gasteiger partial charge in [0.25, 0.3) is 0 Å². The van der Waals surface area contributed by atoms with E-state index in [1.54, 1.807) is 6.92 Å². The molecule has 0 spiro atoms. The number of nitrogens with zero attached hydrogens (tertiary/aromatic N) is 1. The van der Waals surface area contributed by atoms with E-state index in [-0.39, 0.29) is 5.78 Å². The summed E-state index contributed by atoms with van der Waals surface area (Å²) in [7, 11) is 0. The molecule has 2 N–H and O–H groups in total. The van der Waals surface area contributed by atoms with Crippen molar-refractivity contribution in [2.45, 2.75) is 52.0 Å². The standard InChI is InChI=1S/C14H22N2O/c1-4-8-14(3,15)13(17)9-12-7-6-11(5-2)10-16-12/h6-7,10H,4-5,8-9,15H2,1-3H3. The number of hydrogen-bond acceptors (Lipinski definition) is 3. The molecule has 94 valence electrons. The Morgan fingerprint density at radius 1 is 1.41 bits per heavy atom. The van der Waals surface area contributed by atoms with Gasteiger partial charge < -0.3 is 5.73 Å². The third-order valence-electron chi connectivity index (χ3n) is 3.04. The fraction of sp³-hybridized carbons (Fsp3) is 0.571. The Kier molecular flexibility index (Phi) is 4.82. The highest BCUT2D eigenvalue weighted by Gasteiger charge is 2.26. The largest absolute Gasteiger partial charge is 0.319 e. The van der Waals surface area contributed by atoms with Gasteiger partial charge in [0.15, 0.2) is 5.78 Å². The van der Waals surface area contributed by atoms with Crippen molar-refractivity contribution < 1.29 is 4.79 Å². The average Bonchev–Trinajstić information content (AvgIpc) is 2.30. The van der Waals surface area contributed by atoms with Crippen LogP contribution in [0, 0.1) is 0 Å². The summed E-state index contributed by atoms with van der Waals surface area (Å²) >= 11 is 0. The number of aryl methyl sites for hydroxylation is 1. The summed E-state index contributed by atoms with van der Waals surface area (Å²) in [6, 6.07) is 3.93. The molecule has 1 rings (SSSR count). The van der Waals surface area contributed by atoms with Crippen LogP contribution in [0.4, 0.5) is 0 Å². The number of rotatable bonds is 6. The Hall–Kier alpha value is -1.22. The van der Waals surface area contributed by atoms with E-state index < -0.39 is 5.54 Å². The molecule has 0 aliphatic rings. The van der Waals surface area contributed by atoms with Gasteiger partial charge in [-0.1, -0.05) is 26.3 Å². The number of carbonyl (C=O) groups is 1. The molecule has 0 radical (unpaired) electrons. The minimum atomic E-state index is -0.722. The van der Waals surface area contributed by atoms with Crippen molar-refractivity contribution in [3.05, 3.63) is 29.6 Å². The first-order chi connectivity index (χ1) is 7.99. The first kappa shape index (κ1) is 13.8. The van der Waals surface area contributed by atoms with Crippen molar-refractivity contribution in [3.63, 3.8) is 0 Å². The van der Waals surface area contributed by atoms with Crippen LogP contribution in [0.25, 0.3) is 0 Å². The summed E-state index contributed by atoms with van der Waals surface area (Å²) < 4.78 is 0. The lowest BCUT2D eigenvalue weighted by molar-refractivity contribution is -0.123. The van der Waals surface area contributed by atoms with E-state index in [9.17, 15) is 4.79 Å². The van der Waals surface area contributed by atoms with Crippen LogP contribution < -0.4 is 5.73 Å². The molecule has 0 aliphatic heterocycles. The van der Waals surface area contributed by atoms with Crippen molar-refractivity contribution >= 4 is 5.78 Å². The second kappa shape index (κ2) is 5.92. The summed E-state index contributed by atoms with van der Waals surface area (Å²) in [5, 5.41) is 0. The summed E-state index contributed by atoms with van der Waals surface area (Å²) in [6.07, 6.45) is 4.76. The first-order valence-corrected chi connectivity index (χ1v) is 6.25. The zero-order valence-electron chi connectivity index (χ0n) is 11.0. The van der Waals surface area contributed by atoms with E-state index >= 15 is 0 Å². The molecule has 1 heterocycles. The Morgan fingerprint density at radius 2 is 2.12 bits per heavy atom. The van der Waals surface area contributed by atoms with Gasteiger partial charge in [-0.3, -0.25) is 9.78 Å². The van der Waals surface area contributed by atoms with Crippen LogP contribution in [0.2, 0.25) is 0 Å². The zero-order valence-corrected chi connectivity index (χ0v) is 11.0. The molecule has 1 aromatic heterocycles. The van der Waals surface area contributed by atoms with E-state index in [0.29, 0.717) is 6.42 Å². The van der Waals surface area contributed by atoms with E-state index in [4.69, 9.17) is 5.73 Å². The van der Waals surface area contributed by atoms with Crippen molar-refractivity contribution in [3.8, 4) is 0 Å². The number of aromatic nitrogens is 1. The highest BCUT2D eigenvalue weighted by atomic mass is 16.1. The molecule has 0 amide bonds. The van der Waals surface area contributed by atoms with Gasteiger partial charge in [0.1, 0.15) is 0 Å². The van der Waals surface area contributed by atoms with Gasteiger partial charge in [-0.15, -0.1) is 0 Å². The number of hydrogen-bond donors (Lipinski definition) is 1. The number of Topliss-reactive ketones (excluding diaryl/α,β-unsaturated/α-hetero) is 1. The normalized spacial score (nSPS) is 14.4. The predicted molar refractivity (Wildman–Crippen MR) is 69.8 cm³/mol. The summed E-state index contributed by atoms with van der Waals surface area (Å²) in [4.78, 5) is 16.3. The molecular formula is C14H22N2O. The van der Waals surface area contributed by atoms with E-state index in [1.165, 1.54) is 5.56 Å². The topological polar surface area (TPSA) is 56.0 Å². The Labute approximate surface area is 103 Å². The van der Waals surface area contributed by atoms with Crippen LogP contribution >= 0.6 is 0 Å². The fourth-order valence-electron chi connectivity index (χ4n) is 1.79. The maximum absolute atomic E-state index is 12.0.